The fraction of sp³-hybridized carbons (Fsp3) is 0.522. The highest BCUT2D eigenvalue weighted by Crippen LogP contribution is 2.36. The molecule has 0 aromatic carbocycles. The topological polar surface area (TPSA) is 54.3 Å². The predicted octanol–water partition coefficient (Wildman–Crippen LogP) is 3.14. The lowest BCUT2D eigenvalue weighted by Crippen LogP contribution is -2.49. The van der Waals surface area contributed by atoms with Gasteiger partial charge in [0.2, 0.25) is 5.91 Å². The van der Waals surface area contributed by atoms with Gasteiger partial charge >= 0.3 is 0 Å². The van der Waals surface area contributed by atoms with Gasteiger partial charge in [0.15, 0.2) is 0 Å². The van der Waals surface area contributed by atoms with Gasteiger partial charge < -0.3 is 9.80 Å². The maximum absolute atomic E-state index is 12.7. The minimum absolute atomic E-state index is 0.357. The van der Waals surface area contributed by atoms with Crippen molar-refractivity contribution in [2.75, 3.05) is 31.1 Å². The summed E-state index contributed by atoms with van der Waals surface area (Å²) in [5.74, 6) is 0.982. The second kappa shape index (κ2) is 7.65. The first-order valence-corrected chi connectivity index (χ1v) is 10.9. The number of aryl methyl sites for hydroxylation is 1. The Kier molecular flexibility index (Phi) is 4.86. The highest BCUT2D eigenvalue weighted by molar-refractivity contribution is 5.91. The molecule has 6 heteroatoms. The molecule has 0 bridgehead atoms. The lowest BCUT2D eigenvalue weighted by atomic mass is 10.0. The zero-order valence-corrected chi connectivity index (χ0v) is 17.2. The summed E-state index contributed by atoms with van der Waals surface area (Å²) in [6.07, 6.45) is 14.9. The Morgan fingerprint density at radius 2 is 1.97 bits per heavy atom. The van der Waals surface area contributed by atoms with Crippen LogP contribution in [0.1, 0.15) is 48.9 Å². The number of anilines is 1. The average molecular weight is 392 g/mol. The van der Waals surface area contributed by atoms with Crippen LogP contribution in [0.2, 0.25) is 0 Å². The van der Waals surface area contributed by atoms with Crippen LogP contribution in [0.15, 0.2) is 24.7 Å². The molecule has 6 nitrogen and oxygen atoms in total. The standard InChI is InChI=1S/C23H29N5O/c1-26-16-19(15-25-26)18-13-20-21(14-18)24-7-6-22(20)27-8-10-28(11-9-27)23(29)12-17-4-2-3-5-17/h6-7,13,15-17H,2-5,8-12,14H2,1H3. The largest absolute Gasteiger partial charge is 0.367 e. The lowest BCUT2D eigenvalue weighted by molar-refractivity contribution is -0.132. The van der Waals surface area contributed by atoms with Gasteiger partial charge in [-0.25, -0.2) is 0 Å². The molecule has 5 rings (SSSR count). The fourth-order valence-electron chi connectivity index (χ4n) is 5.04. The second-order valence-corrected chi connectivity index (χ2v) is 8.66. The number of nitrogens with zero attached hydrogens (tertiary/aromatic N) is 5. The second-order valence-electron chi connectivity index (χ2n) is 8.66. The fourth-order valence-corrected chi connectivity index (χ4v) is 5.04. The van der Waals surface area contributed by atoms with E-state index in [9.17, 15) is 4.79 Å². The third kappa shape index (κ3) is 3.68. The van der Waals surface area contributed by atoms with E-state index in [0.29, 0.717) is 11.8 Å². The smallest absolute Gasteiger partial charge is 0.222 e. The predicted molar refractivity (Wildman–Crippen MR) is 114 cm³/mol. The zero-order chi connectivity index (χ0) is 19.8. The van der Waals surface area contributed by atoms with Crippen LogP contribution in [0.3, 0.4) is 0 Å². The van der Waals surface area contributed by atoms with E-state index >= 15 is 0 Å². The molecule has 0 radical (unpaired) electrons. The summed E-state index contributed by atoms with van der Waals surface area (Å²) in [5.41, 5.74) is 6.06. The molecule has 3 heterocycles. The first-order valence-electron chi connectivity index (χ1n) is 10.9. The Hall–Kier alpha value is -2.63. The first kappa shape index (κ1) is 18.4. The molecule has 1 aliphatic heterocycles. The third-order valence-corrected chi connectivity index (χ3v) is 6.71. The van der Waals surface area contributed by atoms with Crippen LogP contribution in [-0.2, 0) is 18.3 Å². The molecule has 3 aliphatic rings. The number of aromatic nitrogens is 3. The first-order chi connectivity index (χ1) is 14.2. The molecule has 0 spiro atoms. The number of carbonyl (C=O) groups excluding carboxylic acids is 1. The maximum atomic E-state index is 12.7. The summed E-state index contributed by atoms with van der Waals surface area (Å²) in [6, 6.07) is 2.12. The van der Waals surface area contributed by atoms with Gasteiger partial charge in [0.25, 0.3) is 0 Å². The maximum Gasteiger partial charge on any atom is 0.222 e. The quantitative estimate of drug-likeness (QED) is 0.804. The van der Waals surface area contributed by atoms with E-state index in [1.165, 1.54) is 48.1 Å². The van der Waals surface area contributed by atoms with E-state index in [1.54, 1.807) is 0 Å². The number of hydrogen-bond acceptors (Lipinski definition) is 4. The Labute approximate surface area is 172 Å². The highest BCUT2D eigenvalue weighted by atomic mass is 16.2. The van der Waals surface area contributed by atoms with Crippen molar-refractivity contribution in [1.82, 2.24) is 19.7 Å². The number of fused-ring (bicyclic) bond motifs is 1. The normalized spacial score (nSPS) is 19.6. The summed E-state index contributed by atoms with van der Waals surface area (Å²) < 4.78 is 1.84. The molecular formula is C23H29N5O. The van der Waals surface area contributed by atoms with Crippen molar-refractivity contribution in [3.63, 3.8) is 0 Å². The van der Waals surface area contributed by atoms with Crippen molar-refractivity contribution in [1.29, 1.82) is 0 Å². The van der Waals surface area contributed by atoms with Crippen LogP contribution in [0.25, 0.3) is 11.6 Å². The Balaban J connectivity index is 1.27. The van der Waals surface area contributed by atoms with E-state index < -0.39 is 0 Å². The molecule has 29 heavy (non-hydrogen) atoms. The number of piperazine rings is 1. The molecule has 2 aliphatic carbocycles. The van der Waals surface area contributed by atoms with Gasteiger partial charge in [0.05, 0.1) is 11.9 Å². The van der Waals surface area contributed by atoms with Gasteiger partial charge in [-0.15, -0.1) is 0 Å². The van der Waals surface area contributed by atoms with Crippen LogP contribution in [0.4, 0.5) is 5.69 Å². The summed E-state index contributed by atoms with van der Waals surface area (Å²) >= 11 is 0. The highest BCUT2D eigenvalue weighted by Gasteiger charge is 2.27. The van der Waals surface area contributed by atoms with Crippen LogP contribution < -0.4 is 4.90 Å². The molecule has 0 N–H and O–H groups in total. The SMILES string of the molecule is Cn1cc(C2=Cc3c(N4CCN(C(=O)CC5CCCC5)CC4)ccnc3C2)cn1. The number of amides is 1. The van der Waals surface area contributed by atoms with E-state index in [1.807, 2.05) is 24.1 Å². The van der Waals surface area contributed by atoms with Gasteiger partial charge in [-0.05, 0) is 36.5 Å². The minimum Gasteiger partial charge on any atom is -0.367 e. The van der Waals surface area contributed by atoms with E-state index in [2.05, 4.69) is 38.2 Å². The van der Waals surface area contributed by atoms with Gasteiger partial charge in [-0.1, -0.05) is 12.8 Å². The summed E-state index contributed by atoms with van der Waals surface area (Å²) in [7, 11) is 1.95. The van der Waals surface area contributed by atoms with Crippen LogP contribution in [-0.4, -0.2) is 51.8 Å². The number of rotatable bonds is 4. The van der Waals surface area contributed by atoms with Crippen molar-refractivity contribution < 1.29 is 4.79 Å². The summed E-state index contributed by atoms with van der Waals surface area (Å²) in [4.78, 5) is 21.8. The Morgan fingerprint density at radius 3 is 2.69 bits per heavy atom. The number of allylic oxidation sites excluding steroid dienone is 1. The molecule has 2 fully saturated rings. The molecule has 1 saturated carbocycles. The van der Waals surface area contributed by atoms with Gasteiger partial charge in [0, 0.05) is 75.3 Å². The summed E-state index contributed by atoms with van der Waals surface area (Å²) in [5, 5.41) is 4.31. The van der Waals surface area contributed by atoms with Crippen LogP contribution >= 0.6 is 0 Å². The monoisotopic (exact) mass is 391 g/mol. The van der Waals surface area contributed by atoms with E-state index in [0.717, 1.165) is 44.7 Å². The molecule has 1 amide bonds. The van der Waals surface area contributed by atoms with E-state index in [4.69, 9.17) is 0 Å². The molecule has 1 saturated heterocycles. The van der Waals surface area contributed by atoms with Gasteiger partial charge in [0.1, 0.15) is 0 Å². The molecule has 0 atom stereocenters. The van der Waals surface area contributed by atoms with Crippen molar-refractivity contribution in [3.8, 4) is 0 Å². The number of carbonyl (C=O) groups is 1. The lowest BCUT2D eigenvalue weighted by Gasteiger charge is -2.37. The molecule has 2 aromatic heterocycles. The molecular weight excluding hydrogens is 362 g/mol. The van der Waals surface area contributed by atoms with Crippen LogP contribution in [0.5, 0.6) is 0 Å². The number of pyridine rings is 1. The summed E-state index contributed by atoms with van der Waals surface area (Å²) in [6.45, 7) is 3.43. The average Bonchev–Trinajstić information content (AvgIpc) is 3.48. The van der Waals surface area contributed by atoms with Crippen molar-refractivity contribution >= 4 is 23.2 Å². The zero-order valence-electron chi connectivity index (χ0n) is 17.2. The van der Waals surface area contributed by atoms with Gasteiger partial charge in [-0.3, -0.25) is 14.5 Å². The van der Waals surface area contributed by atoms with Crippen LogP contribution in [0, 0.1) is 5.92 Å². The third-order valence-electron chi connectivity index (χ3n) is 6.71. The molecule has 152 valence electrons. The Bertz CT molecular complexity index is 932. The molecule has 2 aromatic rings. The molecule has 0 unspecified atom stereocenters. The van der Waals surface area contributed by atoms with Gasteiger partial charge in [-0.2, -0.15) is 5.10 Å². The van der Waals surface area contributed by atoms with Crippen molar-refractivity contribution in [2.45, 2.75) is 38.5 Å². The number of hydrogen-bond donors (Lipinski definition) is 0. The minimum atomic E-state index is 0.357. The Morgan fingerprint density at radius 1 is 1.17 bits per heavy atom. The van der Waals surface area contributed by atoms with Crippen molar-refractivity contribution in [2.24, 2.45) is 13.0 Å². The van der Waals surface area contributed by atoms with Crippen molar-refractivity contribution in [3.05, 3.63) is 41.5 Å². The van der Waals surface area contributed by atoms with E-state index in [-0.39, 0.29) is 0 Å².